The molecule has 0 amide bonds. The second-order valence-corrected chi connectivity index (χ2v) is 8.07. The number of hydrogen-bond acceptors (Lipinski definition) is 3. The van der Waals surface area contributed by atoms with Gasteiger partial charge in [-0.05, 0) is 82.0 Å². The minimum absolute atomic E-state index is 0.121. The molecule has 3 heteroatoms. The van der Waals surface area contributed by atoms with Crippen LogP contribution < -0.4 is 0 Å². The molecule has 0 aromatic heterocycles. The molecule has 0 aromatic rings. The average Bonchev–Trinajstić information content (AvgIpc) is 2.89. The zero-order valence-electron chi connectivity index (χ0n) is 17.3. The molecular formula is C23H40O3. The van der Waals surface area contributed by atoms with Gasteiger partial charge in [-0.25, -0.2) is 0 Å². The van der Waals surface area contributed by atoms with Gasteiger partial charge in [-0.2, -0.15) is 0 Å². The van der Waals surface area contributed by atoms with Gasteiger partial charge in [-0.3, -0.25) is 4.79 Å². The lowest BCUT2D eigenvalue weighted by Gasteiger charge is -2.25. The van der Waals surface area contributed by atoms with Crippen LogP contribution in [0, 0.1) is 23.7 Å². The van der Waals surface area contributed by atoms with Crippen LogP contribution in [0.4, 0.5) is 0 Å². The van der Waals surface area contributed by atoms with Crippen LogP contribution in [0.1, 0.15) is 78.6 Å². The fourth-order valence-electron chi connectivity index (χ4n) is 4.51. The quantitative estimate of drug-likeness (QED) is 0.275. The number of aliphatic hydroxyl groups excluding tert-OH is 1. The first-order valence-electron chi connectivity index (χ1n) is 10.5. The lowest BCUT2D eigenvalue weighted by molar-refractivity contribution is -0.140. The third-order valence-corrected chi connectivity index (χ3v) is 6.05. The van der Waals surface area contributed by atoms with Crippen LogP contribution in [0.2, 0.25) is 0 Å². The third-order valence-electron chi connectivity index (χ3n) is 6.05. The molecule has 0 aliphatic heterocycles. The summed E-state index contributed by atoms with van der Waals surface area (Å²) in [4.78, 5) is 11.1. The van der Waals surface area contributed by atoms with E-state index in [9.17, 15) is 9.90 Å². The maximum absolute atomic E-state index is 11.1. The van der Waals surface area contributed by atoms with Crippen LogP contribution in [-0.2, 0) is 9.53 Å². The van der Waals surface area contributed by atoms with Crippen LogP contribution in [-0.4, -0.2) is 24.3 Å². The summed E-state index contributed by atoms with van der Waals surface area (Å²) in [6.45, 7) is 6.80. The molecule has 0 radical (unpaired) electrons. The van der Waals surface area contributed by atoms with Gasteiger partial charge in [0.15, 0.2) is 0 Å². The number of allylic oxidation sites excluding steroid dienone is 4. The Morgan fingerprint density at radius 3 is 2.54 bits per heavy atom. The van der Waals surface area contributed by atoms with Crippen molar-refractivity contribution < 1.29 is 14.6 Å². The summed E-state index contributed by atoms with van der Waals surface area (Å²) in [5, 5.41) is 10.2. The predicted octanol–water partition coefficient (Wildman–Crippen LogP) is 5.68. The Hall–Kier alpha value is -1.09. The number of aliphatic hydroxyl groups is 1. The highest BCUT2D eigenvalue weighted by atomic mass is 16.5. The zero-order chi connectivity index (χ0) is 19.4. The standard InChI is InChI=1S/C23H40O3/c1-5-6-9-12-20(24)15-16-22-19(3)17-18(2)21(22)13-10-7-8-11-14-23(25)26-4/h5-7,10,18-22,24H,8-9,11-17H2,1-4H3/b6-5+,10-7-/t18-,19+,20?,21-,22-/m0/s1. The molecule has 1 unspecified atom stereocenters. The second-order valence-electron chi connectivity index (χ2n) is 8.07. The van der Waals surface area contributed by atoms with Crippen LogP contribution in [0.3, 0.4) is 0 Å². The summed E-state index contributed by atoms with van der Waals surface area (Å²) in [5.74, 6) is 2.84. The van der Waals surface area contributed by atoms with Crippen molar-refractivity contribution in [2.45, 2.75) is 84.7 Å². The van der Waals surface area contributed by atoms with Crippen molar-refractivity contribution in [3.05, 3.63) is 24.3 Å². The third kappa shape index (κ3) is 8.53. The number of carbonyl (C=O) groups excluding carboxylic acids is 1. The van der Waals surface area contributed by atoms with E-state index in [1.165, 1.54) is 13.5 Å². The van der Waals surface area contributed by atoms with Gasteiger partial charge in [0.2, 0.25) is 0 Å². The minimum atomic E-state index is -0.163. The smallest absolute Gasteiger partial charge is 0.305 e. The number of hydrogen-bond donors (Lipinski definition) is 1. The maximum atomic E-state index is 11.1. The van der Waals surface area contributed by atoms with Crippen molar-refractivity contribution in [3.63, 3.8) is 0 Å². The number of ether oxygens (including phenoxy) is 1. The molecule has 1 fully saturated rings. The van der Waals surface area contributed by atoms with E-state index < -0.39 is 0 Å². The number of methoxy groups -OCH3 is 1. The Balaban J connectivity index is 2.37. The van der Waals surface area contributed by atoms with Crippen LogP contribution in [0.25, 0.3) is 0 Å². The van der Waals surface area contributed by atoms with Crippen LogP contribution in [0.15, 0.2) is 24.3 Å². The first-order chi connectivity index (χ1) is 12.5. The Labute approximate surface area is 160 Å². The Bertz CT molecular complexity index is 441. The van der Waals surface area contributed by atoms with Gasteiger partial charge in [0.05, 0.1) is 13.2 Å². The molecule has 1 saturated carbocycles. The first kappa shape index (κ1) is 23.0. The first-order valence-corrected chi connectivity index (χ1v) is 10.5. The molecule has 1 rings (SSSR count). The van der Waals surface area contributed by atoms with Crippen molar-refractivity contribution in [1.29, 1.82) is 0 Å². The van der Waals surface area contributed by atoms with E-state index in [-0.39, 0.29) is 12.1 Å². The fourth-order valence-corrected chi connectivity index (χ4v) is 4.51. The van der Waals surface area contributed by atoms with Gasteiger partial charge in [0.25, 0.3) is 0 Å². The highest BCUT2D eigenvalue weighted by molar-refractivity contribution is 5.69. The van der Waals surface area contributed by atoms with Crippen molar-refractivity contribution in [2.75, 3.05) is 7.11 Å². The number of carbonyl (C=O) groups is 1. The molecule has 3 nitrogen and oxygen atoms in total. The fraction of sp³-hybridized carbons (Fsp3) is 0.783. The lowest BCUT2D eigenvalue weighted by Crippen LogP contribution is -2.18. The van der Waals surface area contributed by atoms with Gasteiger partial charge in [0.1, 0.15) is 0 Å². The van der Waals surface area contributed by atoms with E-state index in [4.69, 9.17) is 0 Å². The summed E-state index contributed by atoms with van der Waals surface area (Å²) in [5.41, 5.74) is 0. The van der Waals surface area contributed by atoms with Crippen LogP contribution in [0.5, 0.6) is 0 Å². The Kier molecular flexibility index (Phi) is 11.6. The van der Waals surface area contributed by atoms with E-state index >= 15 is 0 Å². The SMILES string of the molecule is C/C=C/CCC(O)CC[C@@H]1[C@@H](C/C=C\CCCC(=O)OC)[C@@H](C)C[C@H]1C. The number of rotatable bonds is 12. The van der Waals surface area contributed by atoms with E-state index in [0.717, 1.165) is 68.6 Å². The predicted molar refractivity (Wildman–Crippen MR) is 109 cm³/mol. The van der Waals surface area contributed by atoms with Crippen molar-refractivity contribution >= 4 is 5.97 Å². The lowest BCUT2D eigenvalue weighted by atomic mass is 9.81. The average molecular weight is 365 g/mol. The summed E-state index contributed by atoms with van der Waals surface area (Å²) < 4.78 is 4.67. The molecule has 26 heavy (non-hydrogen) atoms. The Morgan fingerprint density at radius 1 is 1.12 bits per heavy atom. The summed E-state index contributed by atoms with van der Waals surface area (Å²) in [6, 6.07) is 0. The molecule has 1 N–H and O–H groups in total. The molecule has 0 bridgehead atoms. The number of esters is 1. The molecule has 0 heterocycles. The summed E-state index contributed by atoms with van der Waals surface area (Å²) in [7, 11) is 1.44. The molecule has 5 atom stereocenters. The molecular weight excluding hydrogens is 324 g/mol. The van der Waals surface area contributed by atoms with Crippen LogP contribution >= 0.6 is 0 Å². The minimum Gasteiger partial charge on any atom is -0.469 e. The van der Waals surface area contributed by atoms with E-state index in [2.05, 4.69) is 42.9 Å². The monoisotopic (exact) mass is 364 g/mol. The molecule has 0 aromatic carbocycles. The maximum Gasteiger partial charge on any atom is 0.305 e. The molecule has 0 spiro atoms. The van der Waals surface area contributed by atoms with E-state index in [0.29, 0.717) is 6.42 Å². The van der Waals surface area contributed by atoms with Crippen molar-refractivity contribution in [1.82, 2.24) is 0 Å². The molecule has 0 saturated heterocycles. The van der Waals surface area contributed by atoms with Gasteiger partial charge < -0.3 is 9.84 Å². The Morgan fingerprint density at radius 2 is 1.85 bits per heavy atom. The number of unbranched alkanes of at least 4 members (excludes halogenated alkanes) is 1. The molecule has 1 aliphatic rings. The van der Waals surface area contributed by atoms with E-state index in [1.807, 2.05) is 6.92 Å². The highest BCUT2D eigenvalue weighted by Gasteiger charge is 2.37. The normalized spacial score (nSPS) is 27.4. The van der Waals surface area contributed by atoms with Gasteiger partial charge in [0, 0.05) is 6.42 Å². The van der Waals surface area contributed by atoms with Crippen molar-refractivity contribution in [2.24, 2.45) is 23.7 Å². The van der Waals surface area contributed by atoms with Gasteiger partial charge >= 0.3 is 5.97 Å². The topological polar surface area (TPSA) is 46.5 Å². The molecule has 150 valence electrons. The largest absolute Gasteiger partial charge is 0.469 e. The van der Waals surface area contributed by atoms with Crippen molar-refractivity contribution in [3.8, 4) is 0 Å². The van der Waals surface area contributed by atoms with E-state index in [1.54, 1.807) is 0 Å². The summed E-state index contributed by atoms with van der Waals surface area (Å²) in [6.07, 6.45) is 17.2. The van der Waals surface area contributed by atoms with Gasteiger partial charge in [-0.15, -0.1) is 0 Å². The zero-order valence-corrected chi connectivity index (χ0v) is 17.3. The molecule has 1 aliphatic carbocycles. The highest BCUT2D eigenvalue weighted by Crippen LogP contribution is 2.45. The summed E-state index contributed by atoms with van der Waals surface area (Å²) >= 11 is 0. The van der Waals surface area contributed by atoms with Gasteiger partial charge in [-0.1, -0.05) is 38.2 Å². The second kappa shape index (κ2) is 13.1.